The summed E-state index contributed by atoms with van der Waals surface area (Å²) in [5.74, 6) is -3.66. The van der Waals surface area contributed by atoms with Crippen molar-refractivity contribution in [3.63, 3.8) is 0 Å². The standard InChI is InChI=1S/2C12H16O2.2C8H16O2.2Na.2H2O/c2*1-8(2)10-4-6-11(7-5-10)9(3)12(13)14;2*1-3-5-6-7(4-2)8(9)10;;;;/h2*4-9H,1-3H3,(H,13,14);2*7H,3-6H2,1-2H3,(H,9,10);;;2*1H2/q;;;;2*+1;;/p-2. The fourth-order valence-electron chi connectivity index (χ4n) is 4.51. The van der Waals surface area contributed by atoms with E-state index in [1.54, 1.807) is 13.8 Å². The van der Waals surface area contributed by atoms with E-state index in [1.807, 2.05) is 62.4 Å². The van der Waals surface area contributed by atoms with E-state index in [0.29, 0.717) is 18.3 Å². The molecule has 0 saturated carbocycles. The van der Waals surface area contributed by atoms with Gasteiger partial charge in [0.2, 0.25) is 0 Å². The Morgan fingerprint density at radius 3 is 1.06 bits per heavy atom. The van der Waals surface area contributed by atoms with Crippen molar-refractivity contribution in [3.8, 4) is 0 Å². The van der Waals surface area contributed by atoms with E-state index in [9.17, 15) is 29.4 Å². The van der Waals surface area contributed by atoms with Crippen LogP contribution in [0.2, 0.25) is 0 Å². The molecule has 0 aromatic heterocycles. The van der Waals surface area contributed by atoms with E-state index in [2.05, 4.69) is 41.5 Å². The maximum absolute atomic E-state index is 10.7. The second-order valence-electron chi connectivity index (χ2n) is 12.9. The maximum atomic E-state index is 10.7. The third-order valence-corrected chi connectivity index (χ3v) is 8.41. The Hall–Kier alpha value is -1.76. The van der Waals surface area contributed by atoms with Crippen LogP contribution in [0, 0.1) is 11.8 Å². The molecule has 0 aliphatic heterocycles. The minimum Gasteiger partial charge on any atom is -0.550 e. The van der Waals surface area contributed by atoms with E-state index >= 15 is 0 Å². The summed E-state index contributed by atoms with van der Waals surface area (Å²) in [6, 6.07) is 15.4. The largest absolute Gasteiger partial charge is 1.00 e. The molecule has 0 aliphatic carbocycles. The average molecular weight is 753 g/mol. The molecule has 2 aromatic carbocycles. The van der Waals surface area contributed by atoms with Gasteiger partial charge in [-0.3, -0.25) is 9.59 Å². The Bertz CT molecular complexity index is 1090. The van der Waals surface area contributed by atoms with Crippen LogP contribution < -0.4 is 69.3 Å². The molecule has 4 atom stereocenters. The van der Waals surface area contributed by atoms with E-state index in [4.69, 9.17) is 10.2 Å². The van der Waals surface area contributed by atoms with Gasteiger partial charge in [-0.2, -0.15) is 0 Å². The van der Waals surface area contributed by atoms with Crippen molar-refractivity contribution in [2.24, 2.45) is 11.8 Å². The van der Waals surface area contributed by atoms with Gasteiger partial charge in [-0.05, 0) is 72.6 Å². The van der Waals surface area contributed by atoms with Crippen LogP contribution >= 0.6 is 0 Å². The molecule has 0 radical (unpaired) electrons. The molecule has 0 fully saturated rings. The number of carboxylic acid groups (broad SMARTS) is 4. The maximum Gasteiger partial charge on any atom is 1.00 e. The topological polar surface area (TPSA) is 218 Å². The van der Waals surface area contributed by atoms with Crippen LogP contribution in [-0.4, -0.2) is 45.0 Å². The summed E-state index contributed by atoms with van der Waals surface area (Å²) < 4.78 is 0. The van der Waals surface area contributed by atoms with Gasteiger partial charge in [0.25, 0.3) is 0 Å². The molecule has 0 saturated heterocycles. The van der Waals surface area contributed by atoms with Gasteiger partial charge in [0, 0.05) is 17.9 Å². The number of unbranched alkanes of at least 4 members (excludes halogenated alkanes) is 2. The van der Waals surface area contributed by atoms with Crippen molar-refractivity contribution >= 4 is 23.9 Å². The Kier molecular flexibility index (Phi) is 43.4. The second-order valence-corrected chi connectivity index (χ2v) is 12.9. The van der Waals surface area contributed by atoms with Crippen LogP contribution in [0.4, 0.5) is 0 Å². The van der Waals surface area contributed by atoms with Gasteiger partial charge in [-0.1, -0.05) is 137 Å². The Morgan fingerprint density at radius 1 is 0.519 bits per heavy atom. The zero-order valence-corrected chi connectivity index (χ0v) is 38.1. The number of aliphatic carboxylic acids is 4. The molecule has 52 heavy (non-hydrogen) atoms. The molecule has 4 unspecified atom stereocenters. The average Bonchev–Trinajstić information content (AvgIpc) is 3.05. The number of carbonyl (C=O) groups excluding carboxylic acids is 2. The van der Waals surface area contributed by atoms with Crippen molar-refractivity contribution in [2.75, 3.05) is 0 Å². The first kappa shape index (κ1) is 62.2. The molecule has 0 amide bonds. The minimum atomic E-state index is -1.03. The van der Waals surface area contributed by atoms with Crippen molar-refractivity contribution in [3.05, 3.63) is 70.8 Å². The predicted octanol–water partition coefficient (Wildman–Crippen LogP) is 0.260. The molecule has 0 aliphatic rings. The quantitative estimate of drug-likeness (QED) is 0.226. The summed E-state index contributed by atoms with van der Waals surface area (Å²) in [6.45, 7) is 19.7. The van der Waals surface area contributed by atoms with E-state index in [0.717, 1.165) is 56.1 Å². The molecule has 288 valence electrons. The second kappa shape index (κ2) is 36.2. The third kappa shape index (κ3) is 27.8. The number of carboxylic acids is 4. The molecule has 0 bridgehead atoms. The van der Waals surface area contributed by atoms with Crippen LogP contribution in [0.3, 0.4) is 0 Å². The van der Waals surface area contributed by atoms with Gasteiger partial charge < -0.3 is 41.0 Å². The van der Waals surface area contributed by atoms with Crippen LogP contribution in [0.5, 0.6) is 0 Å². The third-order valence-electron chi connectivity index (χ3n) is 8.41. The number of rotatable bonds is 16. The normalized spacial score (nSPS) is 11.9. The van der Waals surface area contributed by atoms with Crippen LogP contribution in [0.15, 0.2) is 48.5 Å². The van der Waals surface area contributed by atoms with Crippen molar-refractivity contribution in [1.29, 1.82) is 0 Å². The number of hydrogen-bond acceptors (Lipinski definition) is 6. The number of hydrogen-bond donors (Lipinski definition) is 2. The molecule has 10 nitrogen and oxygen atoms in total. The first-order chi connectivity index (χ1) is 22.5. The van der Waals surface area contributed by atoms with E-state index in [1.165, 1.54) is 11.1 Å². The van der Waals surface area contributed by atoms with Gasteiger partial charge in [0.05, 0.1) is 11.8 Å². The molecule has 6 N–H and O–H groups in total. The Balaban J connectivity index is -0.000000134. The van der Waals surface area contributed by atoms with Crippen LogP contribution in [-0.2, 0) is 19.2 Å². The van der Waals surface area contributed by atoms with Gasteiger partial charge in [0.1, 0.15) is 0 Å². The molecule has 2 aromatic rings. The minimum absolute atomic E-state index is 0. The number of benzene rings is 2. The fourth-order valence-corrected chi connectivity index (χ4v) is 4.51. The molecule has 12 heteroatoms. The summed E-state index contributed by atoms with van der Waals surface area (Å²) in [5, 5.41) is 38.3. The summed E-state index contributed by atoms with van der Waals surface area (Å²) in [5.41, 5.74) is 4.13. The zero-order valence-electron chi connectivity index (χ0n) is 34.1. The summed E-state index contributed by atoms with van der Waals surface area (Å²) in [6.07, 6.45) is 7.24. The number of carbonyl (C=O) groups is 4. The fraction of sp³-hybridized carbons (Fsp3) is 0.600. The summed E-state index contributed by atoms with van der Waals surface area (Å²) in [4.78, 5) is 42.1. The van der Waals surface area contributed by atoms with Crippen molar-refractivity contribution < 1.29 is 110 Å². The van der Waals surface area contributed by atoms with Gasteiger partial charge in [0.15, 0.2) is 0 Å². The molecular formula is C40H66Na2O10. The SMILES string of the molecule is CC(C)c1ccc(C(C)C(=O)O)cc1.CC(C)c1ccc(C(C)C(=O)[O-])cc1.CCCCC(CC)C(=O)O.CCCCC(CC)C(=O)[O-].O.O.[Na+].[Na+]. The Labute approximate surface area is 357 Å². The van der Waals surface area contributed by atoms with E-state index < -0.39 is 35.7 Å². The summed E-state index contributed by atoms with van der Waals surface area (Å²) >= 11 is 0. The van der Waals surface area contributed by atoms with Gasteiger partial charge in [-0.25, -0.2) is 0 Å². The smallest absolute Gasteiger partial charge is 0.550 e. The van der Waals surface area contributed by atoms with Crippen molar-refractivity contribution in [2.45, 2.75) is 144 Å². The molecular weight excluding hydrogens is 686 g/mol. The zero-order chi connectivity index (χ0) is 37.4. The van der Waals surface area contributed by atoms with Crippen LogP contribution in [0.25, 0.3) is 0 Å². The Morgan fingerprint density at radius 2 is 0.827 bits per heavy atom. The monoisotopic (exact) mass is 752 g/mol. The van der Waals surface area contributed by atoms with Crippen molar-refractivity contribution in [1.82, 2.24) is 0 Å². The van der Waals surface area contributed by atoms with Gasteiger partial charge in [-0.15, -0.1) is 0 Å². The summed E-state index contributed by atoms with van der Waals surface area (Å²) in [7, 11) is 0. The van der Waals surface area contributed by atoms with Crippen LogP contribution in [0.1, 0.15) is 167 Å². The van der Waals surface area contributed by atoms with E-state index in [-0.39, 0.29) is 81.9 Å². The molecule has 2 rings (SSSR count). The van der Waals surface area contributed by atoms with Gasteiger partial charge >= 0.3 is 71.1 Å². The molecule has 0 heterocycles. The first-order valence-electron chi connectivity index (χ1n) is 17.5. The molecule has 0 spiro atoms. The predicted molar refractivity (Wildman–Crippen MR) is 197 cm³/mol. The first-order valence-corrected chi connectivity index (χ1v) is 17.5.